The van der Waals surface area contributed by atoms with Crippen LogP contribution >= 0.6 is 0 Å². The van der Waals surface area contributed by atoms with Crippen LogP contribution in [-0.2, 0) is 11.1 Å². The summed E-state index contributed by atoms with van der Waals surface area (Å²) in [7, 11) is 0. The van der Waals surface area contributed by atoms with E-state index in [4.69, 9.17) is 0 Å². The zero-order valence-corrected chi connectivity index (χ0v) is 15.8. The fourth-order valence-electron chi connectivity index (χ4n) is 3.49. The minimum Gasteiger partial charge on any atom is -0.306 e. The Bertz CT molecular complexity index is 318. The SMILES string of the molecule is CCCCCCCC(C)(CCCCCC)N1CC(S(=O)O)C1. The predicted molar refractivity (Wildman–Crippen MR) is 96.7 cm³/mol. The zero-order valence-electron chi connectivity index (χ0n) is 15.0. The van der Waals surface area contributed by atoms with Gasteiger partial charge in [-0.2, -0.15) is 0 Å². The third kappa shape index (κ3) is 6.67. The van der Waals surface area contributed by atoms with Gasteiger partial charge in [-0.1, -0.05) is 71.6 Å². The minimum absolute atomic E-state index is 0.0185. The van der Waals surface area contributed by atoms with E-state index in [9.17, 15) is 8.76 Å². The highest BCUT2D eigenvalue weighted by molar-refractivity contribution is 7.80. The summed E-state index contributed by atoms with van der Waals surface area (Å²) >= 11 is -1.64. The van der Waals surface area contributed by atoms with Crippen LogP contribution in [0.2, 0.25) is 0 Å². The molecule has 2 unspecified atom stereocenters. The first-order valence-electron chi connectivity index (χ1n) is 9.38. The Morgan fingerprint density at radius 1 is 0.955 bits per heavy atom. The molecular weight excluding hydrogens is 294 g/mol. The molecule has 1 saturated heterocycles. The average Bonchev–Trinajstić information content (AvgIpc) is 2.41. The monoisotopic (exact) mass is 331 g/mol. The predicted octanol–water partition coefficient (Wildman–Crippen LogP) is 4.98. The quantitative estimate of drug-likeness (QED) is 0.382. The van der Waals surface area contributed by atoms with Gasteiger partial charge >= 0.3 is 0 Å². The number of nitrogens with zero attached hydrogens (tertiary/aromatic N) is 1. The van der Waals surface area contributed by atoms with Crippen LogP contribution in [0.3, 0.4) is 0 Å². The Morgan fingerprint density at radius 2 is 1.41 bits per heavy atom. The number of hydrogen-bond donors (Lipinski definition) is 1. The van der Waals surface area contributed by atoms with E-state index in [0.29, 0.717) is 0 Å². The van der Waals surface area contributed by atoms with Gasteiger partial charge in [-0.15, -0.1) is 0 Å². The third-order valence-electron chi connectivity index (χ3n) is 5.28. The standard InChI is InChI=1S/C18H37NO2S/c1-4-6-8-10-12-14-18(3,13-11-9-7-5-2)19-15-17(16-19)22(20)21/h17H,4-16H2,1-3H3,(H,20,21). The topological polar surface area (TPSA) is 40.5 Å². The highest BCUT2D eigenvalue weighted by Gasteiger charge is 2.41. The fourth-order valence-corrected chi connectivity index (χ4v) is 4.10. The van der Waals surface area contributed by atoms with Gasteiger partial charge in [0.2, 0.25) is 0 Å². The summed E-state index contributed by atoms with van der Waals surface area (Å²) in [6.45, 7) is 8.51. The molecule has 1 fully saturated rings. The molecule has 0 aromatic heterocycles. The third-order valence-corrected chi connectivity index (χ3v) is 6.15. The molecule has 22 heavy (non-hydrogen) atoms. The molecule has 132 valence electrons. The summed E-state index contributed by atoms with van der Waals surface area (Å²) in [5.41, 5.74) is 0.246. The van der Waals surface area contributed by atoms with E-state index < -0.39 is 11.1 Å². The van der Waals surface area contributed by atoms with Gasteiger partial charge in [-0.3, -0.25) is 4.90 Å². The molecule has 4 heteroatoms. The minimum atomic E-state index is -1.64. The van der Waals surface area contributed by atoms with Crippen molar-refractivity contribution in [2.45, 2.75) is 102 Å². The molecule has 1 rings (SSSR count). The number of rotatable bonds is 13. The lowest BCUT2D eigenvalue weighted by Crippen LogP contribution is -2.62. The Kier molecular flexibility index (Phi) is 9.85. The highest BCUT2D eigenvalue weighted by atomic mass is 32.2. The molecule has 0 spiro atoms. The molecule has 0 aromatic rings. The van der Waals surface area contributed by atoms with E-state index in [1.54, 1.807) is 0 Å². The summed E-state index contributed by atoms with van der Waals surface area (Å²) in [5, 5.41) is -0.0185. The molecule has 0 radical (unpaired) electrons. The first-order valence-corrected chi connectivity index (χ1v) is 10.5. The van der Waals surface area contributed by atoms with E-state index in [-0.39, 0.29) is 10.8 Å². The second kappa shape index (κ2) is 10.8. The van der Waals surface area contributed by atoms with E-state index in [1.807, 2.05) is 0 Å². The maximum absolute atomic E-state index is 11.2. The van der Waals surface area contributed by atoms with Crippen molar-refractivity contribution in [1.82, 2.24) is 4.90 Å². The second-order valence-corrected chi connectivity index (χ2v) is 8.49. The summed E-state index contributed by atoms with van der Waals surface area (Å²) < 4.78 is 20.4. The zero-order chi connectivity index (χ0) is 16.4. The van der Waals surface area contributed by atoms with Gasteiger partial charge in [0.1, 0.15) is 0 Å². The summed E-state index contributed by atoms with van der Waals surface area (Å²) in [5.74, 6) is 0. The molecule has 0 amide bonds. The van der Waals surface area contributed by atoms with Gasteiger partial charge < -0.3 is 4.55 Å². The van der Waals surface area contributed by atoms with E-state index >= 15 is 0 Å². The van der Waals surface area contributed by atoms with Crippen LogP contribution < -0.4 is 0 Å². The molecule has 0 aliphatic carbocycles. The van der Waals surface area contributed by atoms with E-state index in [0.717, 1.165) is 13.1 Å². The average molecular weight is 332 g/mol. The molecule has 1 aliphatic rings. The number of hydrogen-bond acceptors (Lipinski definition) is 2. The van der Waals surface area contributed by atoms with Gasteiger partial charge in [0.05, 0.1) is 5.25 Å². The van der Waals surface area contributed by atoms with Crippen LogP contribution in [0.15, 0.2) is 0 Å². The normalized spacial score (nSPS) is 20.5. The van der Waals surface area contributed by atoms with Crippen LogP contribution in [-0.4, -0.2) is 37.5 Å². The molecule has 0 aromatic carbocycles. The van der Waals surface area contributed by atoms with Crippen LogP contribution in [0.1, 0.15) is 91.4 Å². The van der Waals surface area contributed by atoms with Crippen molar-refractivity contribution in [3.8, 4) is 0 Å². The van der Waals surface area contributed by atoms with Crippen LogP contribution in [0.4, 0.5) is 0 Å². The van der Waals surface area contributed by atoms with Crippen molar-refractivity contribution in [2.75, 3.05) is 13.1 Å². The first kappa shape index (κ1) is 20.1. The van der Waals surface area contributed by atoms with Crippen LogP contribution in [0.25, 0.3) is 0 Å². The van der Waals surface area contributed by atoms with Crippen LogP contribution in [0, 0.1) is 0 Å². The molecule has 1 aliphatic heterocycles. The van der Waals surface area contributed by atoms with Gasteiger partial charge in [0, 0.05) is 18.6 Å². The lowest BCUT2D eigenvalue weighted by atomic mass is 9.84. The van der Waals surface area contributed by atoms with Crippen LogP contribution in [0.5, 0.6) is 0 Å². The van der Waals surface area contributed by atoms with Crippen molar-refractivity contribution in [3.63, 3.8) is 0 Å². The second-order valence-electron chi connectivity index (χ2n) is 7.27. The Labute approximate surface area is 140 Å². The van der Waals surface area contributed by atoms with Gasteiger partial charge in [-0.05, 0) is 19.8 Å². The Morgan fingerprint density at radius 3 is 1.86 bits per heavy atom. The van der Waals surface area contributed by atoms with Crippen molar-refractivity contribution >= 4 is 11.1 Å². The molecule has 1 heterocycles. The maximum atomic E-state index is 11.2. The highest BCUT2D eigenvalue weighted by Crippen LogP contribution is 2.33. The van der Waals surface area contributed by atoms with Gasteiger partial charge in [0.15, 0.2) is 11.1 Å². The molecule has 0 saturated carbocycles. The lowest BCUT2D eigenvalue weighted by Gasteiger charge is -2.50. The lowest BCUT2D eigenvalue weighted by molar-refractivity contribution is 0.0278. The first-order chi connectivity index (χ1) is 10.5. The Hall–Kier alpha value is 0.0700. The Balaban J connectivity index is 2.40. The molecular formula is C18H37NO2S. The summed E-state index contributed by atoms with van der Waals surface area (Å²) in [6, 6.07) is 0. The summed E-state index contributed by atoms with van der Waals surface area (Å²) in [6.07, 6.45) is 14.3. The van der Waals surface area contributed by atoms with Crippen molar-refractivity contribution in [3.05, 3.63) is 0 Å². The molecule has 0 bridgehead atoms. The molecule has 3 nitrogen and oxygen atoms in total. The summed E-state index contributed by atoms with van der Waals surface area (Å²) in [4.78, 5) is 2.47. The number of unbranched alkanes of at least 4 members (excludes halogenated alkanes) is 7. The molecule has 1 N–H and O–H groups in total. The van der Waals surface area contributed by atoms with Crippen molar-refractivity contribution in [2.24, 2.45) is 0 Å². The van der Waals surface area contributed by atoms with E-state index in [2.05, 4.69) is 25.7 Å². The smallest absolute Gasteiger partial charge is 0.158 e. The van der Waals surface area contributed by atoms with Crippen molar-refractivity contribution in [1.29, 1.82) is 0 Å². The van der Waals surface area contributed by atoms with Gasteiger partial charge in [0.25, 0.3) is 0 Å². The maximum Gasteiger partial charge on any atom is 0.158 e. The van der Waals surface area contributed by atoms with Crippen molar-refractivity contribution < 1.29 is 8.76 Å². The van der Waals surface area contributed by atoms with E-state index in [1.165, 1.54) is 70.6 Å². The molecule has 2 atom stereocenters. The van der Waals surface area contributed by atoms with Gasteiger partial charge in [-0.25, -0.2) is 4.21 Å². The largest absolute Gasteiger partial charge is 0.306 e. The fraction of sp³-hybridized carbons (Fsp3) is 1.00. The number of likely N-dealkylation sites (tertiary alicyclic amines) is 1.